The van der Waals surface area contributed by atoms with E-state index in [1.165, 1.54) is 12.5 Å². The minimum atomic E-state index is -4.46. The first-order chi connectivity index (χ1) is 9.88. The lowest BCUT2D eigenvalue weighted by molar-refractivity contribution is -0.141. The van der Waals surface area contributed by atoms with Crippen molar-refractivity contribution in [2.45, 2.75) is 26.6 Å². The first-order valence-electron chi connectivity index (χ1n) is 6.42. The molecule has 0 amide bonds. The predicted octanol–water partition coefficient (Wildman–Crippen LogP) is 3.36. The molecular formula is C13H15F3N4S. The highest BCUT2D eigenvalue weighted by Crippen LogP contribution is 2.37. The Morgan fingerprint density at radius 2 is 2.10 bits per heavy atom. The Hall–Kier alpha value is -1.54. The van der Waals surface area contributed by atoms with Gasteiger partial charge in [-0.15, -0.1) is 11.3 Å². The molecule has 0 saturated carbocycles. The van der Waals surface area contributed by atoms with Crippen LogP contribution in [0.3, 0.4) is 0 Å². The van der Waals surface area contributed by atoms with Crippen LogP contribution in [-0.2, 0) is 12.7 Å². The van der Waals surface area contributed by atoms with Crippen molar-refractivity contribution in [1.82, 2.24) is 20.3 Å². The maximum atomic E-state index is 13.0. The van der Waals surface area contributed by atoms with Gasteiger partial charge < -0.3 is 5.32 Å². The maximum Gasteiger partial charge on any atom is 0.434 e. The van der Waals surface area contributed by atoms with E-state index in [1.807, 2.05) is 13.8 Å². The van der Waals surface area contributed by atoms with Crippen molar-refractivity contribution in [3.05, 3.63) is 29.2 Å². The largest absolute Gasteiger partial charge is 0.434 e. The summed E-state index contributed by atoms with van der Waals surface area (Å²) in [6.45, 7) is 4.79. The molecule has 0 aromatic carbocycles. The number of nitrogens with zero attached hydrogens (tertiary/aromatic N) is 3. The topological polar surface area (TPSA) is 50.7 Å². The van der Waals surface area contributed by atoms with Gasteiger partial charge in [-0.1, -0.05) is 13.8 Å². The number of rotatable bonds is 5. The monoisotopic (exact) mass is 316 g/mol. The SMILES string of the molecule is CC(C)CNCc1sc(-c2ccncn2)nc1C(F)(F)F. The highest BCUT2D eigenvalue weighted by atomic mass is 32.1. The quantitative estimate of drug-likeness (QED) is 0.919. The van der Waals surface area contributed by atoms with Gasteiger partial charge in [0.25, 0.3) is 0 Å². The van der Waals surface area contributed by atoms with Crippen LogP contribution >= 0.6 is 11.3 Å². The smallest absolute Gasteiger partial charge is 0.312 e. The summed E-state index contributed by atoms with van der Waals surface area (Å²) in [5.74, 6) is 0.369. The number of halogens is 3. The molecule has 114 valence electrons. The van der Waals surface area contributed by atoms with Gasteiger partial charge in [0.2, 0.25) is 0 Å². The Bertz CT molecular complexity index is 581. The fraction of sp³-hybridized carbons (Fsp3) is 0.462. The van der Waals surface area contributed by atoms with Crippen molar-refractivity contribution in [2.24, 2.45) is 5.92 Å². The lowest BCUT2D eigenvalue weighted by Gasteiger charge is -2.08. The third-order valence-electron chi connectivity index (χ3n) is 2.61. The highest BCUT2D eigenvalue weighted by molar-refractivity contribution is 7.15. The lowest BCUT2D eigenvalue weighted by atomic mass is 10.2. The molecule has 0 fully saturated rings. The van der Waals surface area contributed by atoms with Crippen LogP contribution in [-0.4, -0.2) is 21.5 Å². The van der Waals surface area contributed by atoms with Crippen molar-refractivity contribution < 1.29 is 13.2 Å². The van der Waals surface area contributed by atoms with Crippen molar-refractivity contribution in [1.29, 1.82) is 0 Å². The van der Waals surface area contributed by atoms with E-state index >= 15 is 0 Å². The van der Waals surface area contributed by atoms with E-state index in [0.29, 0.717) is 18.2 Å². The summed E-state index contributed by atoms with van der Waals surface area (Å²) in [4.78, 5) is 11.6. The molecule has 0 aliphatic heterocycles. The summed E-state index contributed by atoms with van der Waals surface area (Å²) in [5.41, 5.74) is -0.437. The Morgan fingerprint density at radius 3 is 2.67 bits per heavy atom. The molecule has 21 heavy (non-hydrogen) atoms. The summed E-state index contributed by atoms with van der Waals surface area (Å²) in [6, 6.07) is 1.55. The van der Waals surface area contributed by atoms with E-state index in [1.54, 1.807) is 6.07 Å². The third kappa shape index (κ3) is 4.21. The van der Waals surface area contributed by atoms with Crippen LogP contribution in [0.5, 0.6) is 0 Å². The highest BCUT2D eigenvalue weighted by Gasteiger charge is 2.37. The van der Waals surface area contributed by atoms with Gasteiger partial charge in [0.05, 0.1) is 4.88 Å². The Balaban J connectivity index is 2.28. The summed E-state index contributed by atoms with van der Waals surface area (Å²) in [7, 11) is 0. The van der Waals surface area contributed by atoms with Crippen molar-refractivity contribution in [3.8, 4) is 10.7 Å². The summed E-state index contributed by atoms with van der Waals surface area (Å²) >= 11 is 1.01. The molecule has 0 atom stereocenters. The first-order valence-corrected chi connectivity index (χ1v) is 7.23. The molecule has 0 radical (unpaired) electrons. The first kappa shape index (κ1) is 15.8. The Labute approximate surface area is 124 Å². The Morgan fingerprint density at radius 1 is 1.33 bits per heavy atom. The van der Waals surface area contributed by atoms with Crippen molar-refractivity contribution in [2.75, 3.05) is 6.54 Å². The lowest BCUT2D eigenvalue weighted by Crippen LogP contribution is -2.20. The zero-order chi connectivity index (χ0) is 15.5. The van der Waals surface area contributed by atoms with Gasteiger partial charge in [0.15, 0.2) is 5.69 Å². The van der Waals surface area contributed by atoms with E-state index < -0.39 is 11.9 Å². The summed E-state index contributed by atoms with van der Waals surface area (Å²) in [6.07, 6.45) is -1.69. The van der Waals surface area contributed by atoms with E-state index in [-0.39, 0.29) is 16.4 Å². The minimum absolute atomic E-state index is 0.149. The van der Waals surface area contributed by atoms with E-state index in [2.05, 4.69) is 20.3 Å². The van der Waals surface area contributed by atoms with Crippen LogP contribution in [0.4, 0.5) is 13.2 Å². The second kappa shape index (κ2) is 6.48. The number of hydrogen-bond acceptors (Lipinski definition) is 5. The van der Waals surface area contributed by atoms with Gasteiger partial charge in [-0.3, -0.25) is 0 Å². The molecule has 0 saturated heterocycles. The van der Waals surface area contributed by atoms with E-state index in [0.717, 1.165) is 11.3 Å². The van der Waals surface area contributed by atoms with Crippen LogP contribution in [0.2, 0.25) is 0 Å². The molecular weight excluding hydrogens is 301 g/mol. The molecule has 0 aliphatic rings. The second-order valence-corrected chi connectivity index (χ2v) is 5.99. The number of thiazole rings is 1. The molecule has 2 aromatic heterocycles. The standard InChI is InChI=1S/C13H15F3N4S/c1-8(2)5-18-6-10-11(13(14,15)16)20-12(21-10)9-3-4-17-7-19-9/h3-4,7-8,18H,5-6H2,1-2H3. The number of nitrogens with one attached hydrogen (secondary N) is 1. The molecule has 2 rings (SSSR count). The molecule has 1 N–H and O–H groups in total. The summed E-state index contributed by atoms with van der Waals surface area (Å²) in [5, 5.41) is 3.27. The average Bonchev–Trinajstić information content (AvgIpc) is 2.83. The maximum absolute atomic E-state index is 13.0. The zero-order valence-electron chi connectivity index (χ0n) is 11.6. The predicted molar refractivity (Wildman–Crippen MR) is 74.7 cm³/mol. The average molecular weight is 316 g/mol. The fourth-order valence-corrected chi connectivity index (χ4v) is 2.72. The Kier molecular flexibility index (Phi) is 4.89. The van der Waals surface area contributed by atoms with Crippen molar-refractivity contribution >= 4 is 11.3 Å². The van der Waals surface area contributed by atoms with E-state index in [4.69, 9.17) is 0 Å². The molecule has 2 heterocycles. The van der Waals surface area contributed by atoms with Gasteiger partial charge >= 0.3 is 6.18 Å². The molecule has 0 bridgehead atoms. The van der Waals surface area contributed by atoms with Crippen LogP contribution in [0.15, 0.2) is 18.6 Å². The number of alkyl halides is 3. The zero-order valence-corrected chi connectivity index (χ0v) is 12.4. The minimum Gasteiger partial charge on any atom is -0.312 e. The van der Waals surface area contributed by atoms with Gasteiger partial charge in [0.1, 0.15) is 17.0 Å². The van der Waals surface area contributed by atoms with Gasteiger partial charge in [-0.2, -0.15) is 13.2 Å². The van der Waals surface area contributed by atoms with Crippen LogP contribution < -0.4 is 5.32 Å². The molecule has 0 unspecified atom stereocenters. The molecule has 0 aliphatic carbocycles. The molecule has 8 heteroatoms. The number of aromatic nitrogens is 3. The van der Waals surface area contributed by atoms with Crippen LogP contribution in [0.1, 0.15) is 24.4 Å². The van der Waals surface area contributed by atoms with Crippen molar-refractivity contribution in [3.63, 3.8) is 0 Å². The van der Waals surface area contributed by atoms with Gasteiger partial charge in [-0.05, 0) is 18.5 Å². The van der Waals surface area contributed by atoms with Crippen LogP contribution in [0.25, 0.3) is 10.7 Å². The molecule has 0 spiro atoms. The third-order valence-corrected chi connectivity index (χ3v) is 3.68. The normalized spacial score (nSPS) is 12.1. The van der Waals surface area contributed by atoms with Gasteiger partial charge in [0, 0.05) is 12.7 Å². The number of hydrogen-bond donors (Lipinski definition) is 1. The fourth-order valence-electron chi connectivity index (χ4n) is 1.69. The van der Waals surface area contributed by atoms with E-state index in [9.17, 15) is 13.2 Å². The van der Waals surface area contributed by atoms with Gasteiger partial charge in [-0.25, -0.2) is 15.0 Å². The summed E-state index contributed by atoms with van der Waals surface area (Å²) < 4.78 is 39.1. The molecule has 2 aromatic rings. The van der Waals surface area contributed by atoms with Crippen LogP contribution in [0, 0.1) is 5.92 Å². The second-order valence-electron chi connectivity index (χ2n) is 4.91. The molecule has 4 nitrogen and oxygen atoms in total.